The number of nitrogens with zero attached hydrogens (tertiary/aromatic N) is 1. The van der Waals surface area contributed by atoms with Crippen molar-refractivity contribution in [2.75, 3.05) is 0 Å². The highest BCUT2D eigenvalue weighted by Crippen LogP contribution is 2.05. The Labute approximate surface area is 99.2 Å². The average Bonchev–Trinajstić information content (AvgIpc) is 2.29. The van der Waals surface area contributed by atoms with Gasteiger partial charge in [-0.15, -0.1) is 0 Å². The molecule has 0 atom stereocenters. The normalized spacial score (nSPS) is 10.8. The van der Waals surface area contributed by atoms with E-state index in [2.05, 4.69) is 10.5 Å². The first kappa shape index (κ1) is 12.9. The predicted octanol–water partition coefficient (Wildman–Crippen LogP) is 1.49. The molecule has 0 spiro atoms. The van der Waals surface area contributed by atoms with Gasteiger partial charge >= 0.3 is 5.97 Å². The van der Waals surface area contributed by atoms with E-state index in [1.54, 1.807) is 32.0 Å². The van der Waals surface area contributed by atoms with Gasteiger partial charge in [-0.2, -0.15) is 5.10 Å². The fourth-order valence-corrected chi connectivity index (χ4v) is 1.10. The van der Waals surface area contributed by atoms with Crippen LogP contribution in [-0.2, 0) is 4.79 Å². The molecule has 0 aliphatic carbocycles. The Morgan fingerprint density at radius 2 is 2.00 bits per heavy atom. The van der Waals surface area contributed by atoms with E-state index in [1.165, 1.54) is 12.3 Å². The number of aromatic carboxylic acids is 1. The van der Waals surface area contributed by atoms with Crippen molar-refractivity contribution in [1.82, 2.24) is 5.43 Å². The predicted molar refractivity (Wildman–Crippen MR) is 64.0 cm³/mol. The summed E-state index contributed by atoms with van der Waals surface area (Å²) in [4.78, 5) is 22.1. The van der Waals surface area contributed by atoms with E-state index in [9.17, 15) is 9.59 Å². The zero-order chi connectivity index (χ0) is 12.8. The zero-order valence-corrected chi connectivity index (χ0v) is 9.68. The molecule has 0 saturated carbocycles. The second-order valence-electron chi connectivity index (χ2n) is 3.78. The SMILES string of the molecule is CC(C)C(=O)N/N=C/c1ccccc1C(=O)O. The highest BCUT2D eigenvalue weighted by molar-refractivity contribution is 5.98. The van der Waals surface area contributed by atoms with Gasteiger partial charge in [0.15, 0.2) is 0 Å². The number of rotatable bonds is 4. The summed E-state index contributed by atoms with van der Waals surface area (Å²) < 4.78 is 0. The van der Waals surface area contributed by atoms with Gasteiger partial charge in [0, 0.05) is 11.5 Å². The third kappa shape index (κ3) is 3.71. The minimum Gasteiger partial charge on any atom is -0.478 e. The van der Waals surface area contributed by atoms with E-state index in [4.69, 9.17) is 5.11 Å². The number of nitrogens with one attached hydrogen (secondary N) is 1. The van der Waals surface area contributed by atoms with Crippen molar-refractivity contribution in [3.63, 3.8) is 0 Å². The summed E-state index contributed by atoms with van der Waals surface area (Å²) in [6, 6.07) is 6.44. The van der Waals surface area contributed by atoms with E-state index in [0.29, 0.717) is 5.56 Å². The van der Waals surface area contributed by atoms with Gasteiger partial charge in [0.25, 0.3) is 0 Å². The van der Waals surface area contributed by atoms with Crippen molar-refractivity contribution in [3.8, 4) is 0 Å². The number of hydrazone groups is 1. The molecule has 1 amide bonds. The molecule has 17 heavy (non-hydrogen) atoms. The summed E-state index contributed by atoms with van der Waals surface area (Å²) in [5.41, 5.74) is 2.93. The molecule has 2 N–H and O–H groups in total. The van der Waals surface area contributed by atoms with Crippen LogP contribution >= 0.6 is 0 Å². The Kier molecular flexibility index (Phi) is 4.39. The first-order valence-corrected chi connectivity index (χ1v) is 5.17. The zero-order valence-electron chi connectivity index (χ0n) is 9.68. The van der Waals surface area contributed by atoms with Gasteiger partial charge in [-0.3, -0.25) is 4.79 Å². The van der Waals surface area contributed by atoms with Crippen LogP contribution in [0.25, 0.3) is 0 Å². The van der Waals surface area contributed by atoms with E-state index < -0.39 is 5.97 Å². The molecule has 90 valence electrons. The number of carboxylic acids is 1. The summed E-state index contributed by atoms with van der Waals surface area (Å²) >= 11 is 0. The standard InChI is InChI=1S/C12H14N2O3/c1-8(2)11(15)14-13-7-9-5-3-4-6-10(9)12(16)17/h3-8H,1-2H3,(H,14,15)(H,16,17)/b13-7+. The van der Waals surface area contributed by atoms with Gasteiger partial charge in [-0.1, -0.05) is 32.0 Å². The van der Waals surface area contributed by atoms with Gasteiger partial charge < -0.3 is 5.11 Å². The second-order valence-corrected chi connectivity index (χ2v) is 3.78. The Bertz CT molecular complexity index is 453. The monoisotopic (exact) mass is 234 g/mol. The topological polar surface area (TPSA) is 78.8 Å². The molecule has 0 aliphatic rings. The molecule has 1 aromatic carbocycles. The van der Waals surface area contributed by atoms with Crippen LogP contribution in [0.3, 0.4) is 0 Å². The van der Waals surface area contributed by atoms with Crippen molar-refractivity contribution in [3.05, 3.63) is 35.4 Å². The quantitative estimate of drug-likeness (QED) is 0.612. The molecule has 0 radical (unpaired) electrons. The van der Waals surface area contributed by atoms with Crippen LogP contribution in [-0.4, -0.2) is 23.2 Å². The minimum absolute atomic E-state index is 0.148. The molecule has 5 nitrogen and oxygen atoms in total. The maximum absolute atomic E-state index is 11.2. The lowest BCUT2D eigenvalue weighted by Crippen LogP contribution is -2.22. The Hall–Kier alpha value is -2.17. The van der Waals surface area contributed by atoms with Crippen molar-refractivity contribution >= 4 is 18.1 Å². The van der Waals surface area contributed by atoms with E-state index in [-0.39, 0.29) is 17.4 Å². The molecule has 0 aromatic heterocycles. The Morgan fingerprint density at radius 3 is 2.59 bits per heavy atom. The largest absolute Gasteiger partial charge is 0.478 e. The molecular formula is C12H14N2O3. The molecule has 0 bridgehead atoms. The van der Waals surface area contributed by atoms with Crippen LogP contribution in [0.15, 0.2) is 29.4 Å². The number of carboxylic acid groups (broad SMARTS) is 1. The number of amides is 1. The van der Waals surface area contributed by atoms with Crippen LogP contribution in [0.5, 0.6) is 0 Å². The van der Waals surface area contributed by atoms with Crippen LogP contribution in [0.4, 0.5) is 0 Å². The van der Waals surface area contributed by atoms with Gasteiger partial charge in [-0.25, -0.2) is 10.2 Å². The maximum atomic E-state index is 11.2. The van der Waals surface area contributed by atoms with E-state index in [1.807, 2.05) is 0 Å². The first-order chi connectivity index (χ1) is 8.02. The summed E-state index contributed by atoms with van der Waals surface area (Å²) in [7, 11) is 0. The molecule has 0 aliphatic heterocycles. The maximum Gasteiger partial charge on any atom is 0.336 e. The van der Waals surface area contributed by atoms with Crippen LogP contribution in [0, 0.1) is 5.92 Å². The first-order valence-electron chi connectivity index (χ1n) is 5.17. The highest BCUT2D eigenvalue weighted by Gasteiger charge is 2.07. The molecule has 0 unspecified atom stereocenters. The van der Waals surface area contributed by atoms with Crippen molar-refractivity contribution in [2.45, 2.75) is 13.8 Å². The van der Waals surface area contributed by atoms with Gasteiger partial charge in [-0.05, 0) is 6.07 Å². The number of hydrogen-bond donors (Lipinski definition) is 2. The summed E-state index contributed by atoms with van der Waals surface area (Å²) in [6.45, 7) is 3.49. The molecule has 0 fully saturated rings. The molecule has 0 saturated heterocycles. The molecule has 1 rings (SSSR count). The highest BCUT2D eigenvalue weighted by atomic mass is 16.4. The summed E-state index contributed by atoms with van der Waals surface area (Å²) in [6.07, 6.45) is 1.32. The number of benzene rings is 1. The lowest BCUT2D eigenvalue weighted by molar-refractivity contribution is -0.123. The summed E-state index contributed by atoms with van der Waals surface area (Å²) in [5.74, 6) is -1.40. The van der Waals surface area contributed by atoms with Crippen LogP contribution < -0.4 is 5.43 Å². The third-order valence-corrected chi connectivity index (χ3v) is 2.09. The molecular weight excluding hydrogens is 220 g/mol. The lowest BCUT2D eigenvalue weighted by Gasteiger charge is -2.02. The average molecular weight is 234 g/mol. The van der Waals surface area contributed by atoms with Gasteiger partial charge in [0.1, 0.15) is 0 Å². The van der Waals surface area contributed by atoms with E-state index in [0.717, 1.165) is 0 Å². The fraction of sp³-hybridized carbons (Fsp3) is 0.250. The lowest BCUT2D eigenvalue weighted by atomic mass is 10.1. The minimum atomic E-state index is -1.03. The van der Waals surface area contributed by atoms with Crippen LogP contribution in [0.1, 0.15) is 29.8 Å². The number of carbonyl (C=O) groups excluding carboxylic acids is 1. The van der Waals surface area contributed by atoms with E-state index >= 15 is 0 Å². The third-order valence-electron chi connectivity index (χ3n) is 2.09. The second kappa shape index (κ2) is 5.79. The van der Waals surface area contributed by atoms with Crippen LogP contribution in [0.2, 0.25) is 0 Å². The van der Waals surface area contributed by atoms with Gasteiger partial charge in [0.2, 0.25) is 5.91 Å². The Morgan fingerprint density at radius 1 is 1.35 bits per heavy atom. The van der Waals surface area contributed by atoms with Crippen molar-refractivity contribution in [1.29, 1.82) is 0 Å². The summed E-state index contributed by atoms with van der Waals surface area (Å²) in [5, 5.41) is 12.6. The van der Waals surface area contributed by atoms with Crippen molar-refractivity contribution in [2.24, 2.45) is 11.0 Å². The number of hydrogen-bond acceptors (Lipinski definition) is 3. The Balaban J connectivity index is 2.78. The van der Waals surface area contributed by atoms with Crippen molar-refractivity contribution < 1.29 is 14.7 Å². The molecule has 1 aromatic rings. The molecule has 0 heterocycles. The number of carbonyl (C=O) groups is 2. The smallest absolute Gasteiger partial charge is 0.336 e. The molecule has 5 heteroatoms. The fourth-order valence-electron chi connectivity index (χ4n) is 1.10. The van der Waals surface area contributed by atoms with Gasteiger partial charge in [0.05, 0.1) is 11.8 Å².